The number of nitrogens with one attached hydrogen (secondary N) is 1. The molecule has 10 heteroatoms. The number of piperazine rings is 1. The highest BCUT2D eigenvalue weighted by molar-refractivity contribution is 5.91. The van der Waals surface area contributed by atoms with E-state index >= 15 is 0 Å². The van der Waals surface area contributed by atoms with Gasteiger partial charge in [-0.05, 0) is 25.3 Å². The summed E-state index contributed by atoms with van der Waals surface area (Å²) in [5.41, 5.74) is 0.779. The highest BCUT2D eigenvalue weighted by Crippen LogP contribution is 2.29. The van der Waals surface area contributed by atoms with Gasteiger partial charge in [-0.25, -0.2) is 0 Å². The predicted molar refractivity (Wildman–Crippen MR) is 103 cm³/mol. The van der Waals surface area contributed by atoms with E-state index in [1.165, 1.54) is 6.42 Å². The summed E-state index contributed by atoms with van der Waals surface area (Å²) in [5, 5.41) is 15.9. The van der Waals surface area contributed by atoms with E-state index in [0.29, 0.717) is 31.9 Å². The summed E-state index contributed by atoms with van der Waals surface area (Å²) in [6, 6.07) is 2.12. The normalized spacial score (nSPS) is 22.0. The maximum absolute atomic E-state index is 12.8. The van der Waals surface area contributed by atoms with Crippen LogP contribution in [0.5, 0.6) is 0 Å². The van der Waals surface area contributed by atoms with Crippen molar-refractivity contribution in [3.63, 3.8) is 0 Å². The van der Waals surface area contributed by atoms with Crippen LogP contribution in [0.4, 0.5) is 0 Å². The van der Waals surface area contributed by atoms with Gasteiger partial charge in [-0.15, -0.1) is 10.2 Å². The van der Waals surface area contributed by atoms with Crippen LogP contribution in [0.25, 0.3) is 0 Å². The Morgan fingerprint density at radius 2 is 2.00 bits per heavy atom. The van der Waals surface area contributed by atoms with Gasteiger partial charge < -0.3 is 14.8 Å². The van der Waals surface area contributed by atoms with E-state index in [4.69, 9.17) is 0 Å². The molecule has 2 amide bonds. The van der Waals surface area contributed by atoms with Crippen LogP contribution >= 0.6 is 0 Å². The number of amides is 2. The highest BCUT2D eigenvalue weighted by atomic mass is 16.2. The van der Waals surface area contributed by atoms with Crippen molar-refractivity contribution in [2.24, 2.45) is 7.05 Å². The summed E-state index contributed by atoms with van der Waals surface area (Å²) in [6.45, 7) is 3.60. The van der Waals surface area contributed by atoms with Crippen molar-refractivity contribution in [3.8, 4) is 0 Å². The molecule has 1 saturated heterocycles. The lowest BCUT2D eigenvalue weighted by atomic mass is 9.93. The Balaban J connectivity index is 1.30. The Hall–Kier alpha value is -2.75. The molecular weight excluding hydrogens is 372 g/mol. The van der Waals surface area contributed by atoms with Gasteiger partial charge in [0.25, 0.3) is 5.91 Å². The number of nitrogens with zero attached hydrogens (tertiary/aromatic N) is 7. The van der Waals surface area contributed by atoms with Crippen molar-refractivity contribution in [1.29, 1.82) is 0 Å². The maximum Gasteiger partial charge on any atom is 0.289 e. The minimum absolute atomic E-state index is 0.0251. The Bertz CT molecular complexity index is 931. The molecule has 2 fully saturated rings. The van der Waals surface area contributed by atoms with Gasteiger partial charge in [0, 0.05) is 52.0 Å². The zero-order chi connectivity index (χ0) is 20.0. The average Bonchev–Trinajstić information content (AvgIpc) is 3.30. The molecule has 0 aromatic carbocycles. The van der Waals surface area contributed by atoms with Crippen molar-refractivity contribution < 1.29 is 9.59 Å². The molecule has 5 rings (SSSR count). The predicted octanol–water partition coefficient (Wildman–Crippen LogP) is -0.264. The van der Waals surface area contributed by atoms with Crippen LogP contribution in [0.2, 0.25) is 0 Å². The van der Waals surface area contributed by atoms with Crippen LogP contribution in [0, 0.1) is 0 Å². The molecule has 10 nitrogen and oxygen atoms in total. The van der Waals surface area contributed by atoms with Crippen LogP contribution < -0.4 is 5.32 Å². The molecule has 3 aliphatic rings. The fraction of sp³-hybridized carbons (Fsp3) is 0.632. The first-order valence-corrected chi connectivity index (χ1v) is 10.3. The summed E-state index contributed by atoms with van der Waals surface area (Å²) in [5.74, 6) is 1.11. The number of carbonyl (C=O) groups is 2. The molecule has 0 spiro atoms. The molecule has 2 aromatic rings. The molecule has 1 aliphatic carbocycles. The number of carbonyl (C=O) groups excluding carboxylic acids is 2. The summed E-state index contributed by atoms with van der Waals surface area (Å²) >= 11 is 0. The Kier molecular flexibility index (Phi) is 4.57. The van der Waals surface area contributed by atoms with Gasteiger partial charge in [-0.3, -0.25) is 19.2 Å². The number of rotatable bonds is 4. The van der Waals surface area contributed by atoms with Crippen LogP contribution in [-0.2, 0) is 24.8 Å². The molecule has 0 bridgehead atoms. The minimum atomic E-state index is -0.138. The SMILES string of the molecule is Cn1ccc(CC(=O)N2CCN3CCn4c(C(=O)NC5CCC5)nnc4[C@@H]3C2)n1. The van der Waals surface area contributed by atoms with E-state index in [-0.39, 0.29) is 23.9 Å². The van der Waals surface area contributed by atoms with E-state index in [1.807, 2.05) is 28.8 Å². The smallest absolute Gasteiger partial charge is 0.289 e. The Morgan fingerprint density at radius 1 is 1.17 bits per heavy atom. The summed E-state index contributed by atoms with van der Waals surface area (Å²) in [6.07, 6.45) is 5.39. The first kappa shape index (κ1) is 18.3. The van der Waals surface area contributed by atoms with Gasteiger partial charge in [0.1, 0.15) is 0 Å². The van der Waals surface area contributed by atoms with Crippen molar-refractivity contribution in [3.05, 3.63) is 29.6 Å². The van der Waals surface area contributed by atoms with E-state index in [1.54, 1.807) is 4.68 Å². The molecule has 0 unspecified atom stereocenters. The third-order valence-corrected chi connectivity index (χ3v) is 6.28. The van der Waals surface area contributed by atoms with Gasteiger partial charge in [0.15, 0.2) is 5.82 Å². The standard InChI is InChI=1S/C19H26N8O2/c1-24-6-5-14(23-24)11-16(28)26-8-7-25-9-10-27-17(15(25)12-26)21-22-18(27)19(29)20-13-3-2-4-13/h5-6,13,15H,2-4,7-12H2,1H3,(H,20,29)/t15-/m0/s1. The van der Waals surface area contributed by atoms with Gasteiger partial charge in [-0.2, -0.15) is 5.10 Å². The van der Waals surface area contributed by atoms with Crippen LogP contribution in [0.1, 0.15) is 47.4 Å². The second-order valence-corrected chi connectivity index (χ2v) is 8.18. The zero-order valence-electron chi connectivity index (χ0n) is 16.6. The number of aryl methyl sites for hydroxylation is 1. The second kappa shape index (κ2) is 7.25. The lowest BCUT2D eigenvalue weighted by molar-refractivity contribution is -0.134. The molecule has 154 valence electrons. The third-order valence-electron chi connectivity index (χ3n) is 6.28. The van der Waals surface area contributed by atoms with E-state index in [2.05, 4.69) is 25.5 Å². The lowest BCUT2D eigenvalue weighted by Crippen LogP contribution is -2.54. The van der Waals surface area contributed by atoms with E-state index < -0.39 is 0 Å². The number of hydrogen-bond acceptors (Lipinski definition) is 6. The number of aromatic nitrogens is 5. The first-order chi connectivity index (χ1) is 14.1. The first-order valence-electron chi connectivity index (χ1n) is 10.3. The van der Waals surface area contributed by atoms with Gasteiger partial charge >= 0.3 is 0 Å². The van der Waals surface area contributed by atoms with Crippen molar-refractivity contribution in [1.82, 2.24) is 39.7 Å². The maximum atomic E-state index is 12.8. The third kappa shape index (κ3) is 3.41. The molecule has 1 N–H and O–H groups in total. The molecule has 0 radical (unpaired) electrons. The van der Waals surface area contributed by atoms with Crippen molar-refractivity contribution in [2.45, 2.75) is 44.3 Å². The zero-order valence-corrected chi connectivity index (χ0v) is 16.6. The topological polar surface area (TPSA) is 101 Å². The summed E-state index contributed by atoms with van der Waals surface area (Å²) < 4.78 is 3.64. The summed E-state index contributed by atoms with van der Waals surface area (Å²) in [7, 11) is 1.85. The molecule has 1 atom stereocenters. The van der Waals surface area contributed by atoms with Gasteiger partial charge in [0.05, 0.1) is 18.2 Å². The molecule has 4 heterocycles. The summed E-state index contributed by atoms with van der Waals surface area (Å²) in [4.78, 5) is 29.6. The molecular formula is C19H26N8O2. The molecule has 1 saturated carbocycles. The monoisotopic (exact) mass is 398 g/mol. The van der Waals surface area contributed by atoms with Crippen molar-refractivity contribution in [2.75, 3.05) is 26.2 Å². The number of fused-ring (bicyclic) bond motifs is 3. The van der Waals surface area contributed by atoms with E-state index in [0.717, 1.165) is 37.4 Å². The quantitative estimate of drug-likeness (QED) is 0.761. The average molecular weight is 398 g/mol. The Morgan fingerprint density at radius 3 is 2.72 bits per heavy atom. The van der Waals surface area contributed by atoms with Crippen LogP contribution in [-0.4, -0.2) is 78.4 Å². The second-order valence-electron chi connectivity index (χ2n) is 8.18. The largest absolute Gasteiger partial charge is 0.347 e. The van der Waals surface area contributed by atoms with Gasteiger partial charge in [0.2, 0.25) is 11.7 Å². The molecule has 2 aromatic heterocycles. The fourth-order valence-electron chi connectivity index (χ4n) is 4.36. The van der Waals surface area contributed by atoms with Crippen molar-refractivity contribution >= 4 is 11.8 Å². The van der Waals surface area contributed by atoms with E-state index in [9.17, 15) is 9.59 Å². The number of hydrogen-bond donors (Lipinski definition) is 1. The van der Waals surface area contributed by atoms with Gasteiger partial charge in [-0.1, -0.05) is 0 Å². The molecule has 2 aliphatic heterocycles. The molecule has 29 heavy (non-hydrogen) atoms. The highest BCUT2D eigenvalue weighted by Gasteiger charge is 2.38. The van der Waals surface area contributed by atoms with Crippen LogP contribution in [0.15, 0.2) is 12.3 Å². The minimum Gasteiger partial charge on any atom is -0.347 e. The van der Waals surface area contributed by atoms with Crippen LogP contribution in [0.3, 0.4) is 0 Å². The lowest BCUT2D eigenvalue weighted by Gasteiger charge is -2.43. The Labute approximate surface area is 168 Å². The fourth-order valence-corrected chi connectivity index (χ4v) is 4.36.